The SMILES string of the molecule is CCC(CC)Cn1c(C(C)Cl)nc2cc(Cl)c(Cl)cc21. The molecule has 0 bridgehead atoms. The second-order valence-corrected chi connectivity index (χ2v) is 6.60. The Labute approximate surface area is 135 Å². The summed E-state index contributed by atoms with van der Waals surface area (Å²) in [6.07, 6.45) is 2.27. The number of hydrogen-bond acceptors (Lipinski definition) is 1. The van der Waals surface area contributed by atoms with E-state index in [1.165, 1.54) is 0 Å². The van der Waals surface area contributed by atoms with E-state index >= 15 is 0 Å². The number of hydrogen-bond donors (Lipinski definition) is 0. The van der Waals surface area contributed by atoms with E-state index in [0.717, 1.165) is 36.2 Å². The maximum Gasteiger partial charge on any atom is 0.127 e. The zero-order chi connectivity index (χ0) is 14.9. The second kappa shape index (κ2) is 6.55. The predicted octanol–water partition coefficient (Wildman–Crippen LogP) is 6.08. The topological polar surface area (TPSA) is 17.8 Å². The molecule has 0 aliphatic rings. The van der Waals surface area contributed by atoms with Crippen molar-refractivity contribution in [1.82, 2.24) is 9.55 Å². The highest BCUT2D eigenvalue weighted by Crippen LogP contribution is 2.32. The fourth-order valence-corrected chi connectivity index (χ4v) is 2.92. The number of rotatable bonds is 5. The third kappa shape index (κ3) is 3.08. The third-order valence-corrected chi connectivity index (χ3v) is 4.69. The molecule has 0 amide bonds. The summed E-state index contributed by atoms with van der Waals surface area (Å²) in [7, 11) is 0. The number of benzene rings is 1. The van der Waals surface area contributed by atoms with Crippen LogP contribution in [0.1, 0.15) is 44.8 Å². The van der Waals surface area contributed by atoms with Gasteiger partial charge in [-0.05, 0) is 25.0 Å². The Balaban J connectivity index is 2.58. The van der Waals surface area contributed by atoms with Gasteiger partial charge in [-0.15, -0.1) is 11.6 Å². The summed E-state index contributed by atoms with van der Waals surface area (Å²) >= 11 is 18.5. The van der Waals surface area contributed by atoms with Crippen molar-refractivity contribution in [3.05, 3.63) is 28.0 Å². The van der Waals surface area contributed by atoms with Crippen molar-refractivity contribution in [2.75, 3.05) is 0 Å². The van der Waals surface area contributed by atoms with Gasteiger partial charge in [0, 0.05) is 6.54 Å². The third-order valence-electron chi connectivity index (χ3n) is 3.77. The Morgan fingerprint density at radius 1 is 1.15 bits per heavy atom. The van der Waals surface area contributed by atoms with Gasteiger partial charge in [-0.2, -0.15) is 0 Å². The van der Waals surface area contributed by atoms with E-state index in [9.17, 15) is 0 Å². The molecule has 1 aromatic heterocycles. The van der Waals surface area contributed by atoms with Crippen LogP contribution in [0.15, 0.2) is 12.1 Å². The Kier molecular flexibility index (Phi) is 5.22. The van der Waals surface area contributed by atoms with Gasteiger partial charge in [0.25, 0.3) is 0 Å². The molecule has 1 heterocycles. The van der Waals surface area contributed by atoms with E-state index in [4.69, 9.17) is 34.8 Å². The van der Waals surface area contributed by atoms with Crippen LogP contribution in [0.3, 0.4) is 0 Å². The van der Waals surface area contributed by atoms with Crippen LogP contribution in [-0.2, 0) is 6.54 Å². The van der Waals surface area contributed by atoms with Crippen LogP contribution in [0, 0.1) is 5.92 Å². The molecule has 110 valence electrons. The summed E-state index contributed by atoms with van der Waals surface area (Å²) in [6, 6.07) is 3.70. The van der Waals surface area contributed by atoms with Crippen molar-refractivity contribution < 1.29 is 0 Å². The lowest BCUT2D eigenvalue weighted by Gasteiger charge is -2.17. The van der Waals surface area contributed by atoms with Crippen LogP contribution in [0.2, 0.25) is 10.0 Å². The highest BCUT2D eigenvalue weighted by atomic mass is 35.5. The van der Waals surface area contributed by atoms with Crippen LogP contribution in [0.25, 0.3) is 11.0 Å². The molecular weight excluding hydrogens is 315 g/mol. The number of fused-ring (bicyclic) bond motifs is 1. The Morgan fingerprint density at radius 2 is 1.75 bits per heavy atom. The highest BCUT2D eigenvalue weighted by molar-refractivity contribution is 6.42. The Bertz CT molecular complexity index is 601. The molecular formula is C15H19Cl3N2. The minimum Gasteiger partial charge on any atom is -0.326 e. The standard InChI is InChI=1S/C15H19Cl3N2/c1-4-10(5-2)8-20-14-7-12(18)11(17)6-13(14)19-15(20)9(3)16/h6-7,9-10H,4-5,8H2,1-3H3. The van der Waals surface area contributed by atoms with Crippen molar-refractivity contribution in [1.29, 1.82) is 0 Å². The zero-order valence-corrected chi connectivity index (χ0v) is 14.2. The van der Waals surface area contributed by atoms with Gasteiger partial charge in [-0.1, -0.05) is 49.9 Å². The molecule has 20 heavy (non-hydrogen) atoms. The maximum atomic E-state index is 6.28. The molecule has 1 unspecified atom stereocenters. The van der Waals surface area contributed by atoms with Crippen molar-refractivity contribution in [2.24, 2.45) is 5.92 Å². The van der Waals surface area contributed by atoms with E-state index in [1.807, 2.05) is 19.1 Å². The average Bonchev–Trinajstić information content (AvgIpc) is 2.74. The van der Waals surface area contributed by atoms with Crippen molar-refractivity contribution in [2.45, 2.75) is 45.5 Å². The summed E-state index contributed by atoms with van der Waals surface area (Å²) in [5.74, 6) is 1.49. The number of halogens is 3. The quantitative estimate of drug-likeness (QED) is 0.606. The molecule has 0 saturated carbocycles. The Morgan fingerprint density at radius 3 is 2.30 bits per heavy atom. The van der Waals surface area contributed by atoms with E-state index in [-0.39, 0.29) is 5.38 Å². The fourth-order valence-electron chi connectivity index (χ4n) is 2.44. The summed E-state index contributed by atoms with van der Waals surface area (Å²) in [4.78, 5) is 4.62. The first kappa shape index (κ1) is 15.9. The minimum atomic E-state index is -0.144. The number of aromatic nitrogens is 2. The van der Waals surface area contributed by atoms with E-state index in [2.05, 4.69) is 23.4 Å². The van der Waals surface area contributed by atoms with Crippen LogP contribution >= 0.6 is 34.8 Å². The molecule has 0 N–H and O–H groups in total. The summed E-state index contributed by atoms with van der Waals surface area (Å²) in [5, 5.41) is 0.938. The van der Waals surface area contributed by atoms with Gasteiger partial charge in [-0.3, -0.25) is 0 Å². The van der Waals surface area contributed by atoms with Gasteiger partial charge in [-0.25, -0.2) is 4.98 Å². The lowest BCUT2D eigenvalue weighted by atomic mass is 10.0. The highest BCUT2D eigenvalue weighted by Gasteiger charge is 2.18. The molecule has 2 aromatic rings. The number of nitrogens with zero attached hydrogens (tertiary/aromatic N) is 2. The molecule has 0 radical (unpaired) electrons. The van der Waals surface area contributed by atoms with Gasteiger partial charge in [0.05, 0.1) is 26.5 Å². The lowest BCUT2D eigenvalue weighted by molar-refractivity contribution is 0.417. The molecule has 1 aromatic carbocycles. The fraction of sp³-hybridized carbons (Fsp3) is 0.533. The summed E-state index contributed by atoms with van der Waals surface area (Å²) < 4.78 is 2.19. The smallest absolute Gasteiger partial charge is 0.127 e. The maximum absolute atomic E-state index is 6.28. The van der Waals surface area contributed by atoms with E-state index in [1.54, 1.807) is 0 Å². The minimum absolute atomic E-state index is 0.144. The van der Waals surface area contributed by atoms with Crippen molar-refractivity contribution in [3.8, 4) is 0 Å². The van der Waals surface area contributed by atoms with E-state index < -0.39 is 0 Å². The molecule has 0 spiro atoms. The lowest BCUT2D eigenvalue weighted by Crippen LogP contribution is -2.12. The van der Waals surface area contributed by atoms with Gasteiger partial charge in [0.1, 0.15) is 5.82 Å². The molecule has 2 rings (SSSR count). The van der Waals surface area contributed by atoms with Crippen LogP contribution in [0.5, 0.6) is 0 Å². The predicted molar refractivity (Wildman–Crippen MR) is 88.1 cm³/mol. The molecule has 0 aliphatic heterocycles. The summed E-state index contributed by atoms with van der Waals surface area (Å²) in [5.41, 5.74) is 1.86. The van der Waals surface area contributed by atoms with Crippen molar-refractivity contribution in [3.63, 3.8) is 0 Å². The molecule has 0 aliphatic carbocycles. The van der Waals surface area contributed by atoms with E-state index in [0.29, 0.717) is 16.0 Å². The largest absolute Gasteiger partial charge is 0.326 e. The van der Waals surface area contributed by atoms with Crippen LogP contribution in [0.4, 0.5) is 0 Å². The van der Waals surface area contributed by atoms with Crippen LogP contribution < -0.4 is 0 Å². The van der Waals surface area contributed by atoms with Crippen LogP contribution in [-0.4, -0.2) is 9.55 Å². The second-order valence-electron chi connectivity index (χ2n) is 5.13. The monoisotopic (exact) mass is 332 g/mol. The van der Waals surface area contributed by atoms with Gasteiger partial charge in [0.2, 0.25) is 0 Å². The van der Waals surface area contributed by atoms with Gasteiger partial charge in [0.15, 0.2) is 0 Å². The number of imidazole rings is 1. The molecule has 0 fully saturated rings. The zero-order valence-electron chi connectivity index (χ0n) is 12.0. The first-order valence-electron chi connectivity index (χ1n) is 6.97. The van der Waals surface area contributed by atoms with Gasteiger partial charge >= 0.3 is 0 Å². The summed E-state index contributed by atoms with van der Waals surface area (Å²) in [6.45, 7) is 7.27. The molecule has 1 atom stereocenters. The first-order chi connectivity index (χ1) is 9.47. The normalized spacial score (nSPS) is 13.3. The average molecular weight is 334 g/mol. The van der Waals surface area contributed by atoms with Gasteiger partial charge < -0.3 is 4.57 Å². The molecule has 0 saturated heterocycles. The Hall–Kier alpha value is -0.440. The number of alkyl halides is 1. The molecule has 2 nitrogen and oxygen atoms in total. The molecule has 5 heteroatoms. The van der Waals surface area contributed by atoms with Crippen molar-refractivity contribution >= 4 is 45.8 Å². The first-order valence-corrected chi connectivity index (χ1v) is 8.16.